The second-order valence-corrected chi connectivity index (χ2v) is 4.09. The van der Waals surface area contributed by atoms with Gasteiger partial charge in [0.1, 0.15) is 5.76 Å². The minimum absolute atomic E-state index is 0.677. The first-order valence-corrected chi connectivity index (χ1v) is 6.06. The van der Waals surface area contributed by atoms with Crippen molar-refractivity contribution in [2.24, 2.45) is 0 Å². The Morgan fingerprint density at radius 2 is 1.72 bits per heavy atom. The lowest BCUT2D eigenvalue weighted by atomic mass is 10.2. The molecule has 1 aliphatic rings. The highest BCUT2D eigenvalue weighted by Crippen LogP contribution is 2.18. The fourth-order valence-electron chi connectivity index (χ4n) is 1.97. The Bertz CT molecular complexity index is 352. The average Bonchev–Trinajstić information content (AvgIpc) is 2.43. The highest BCUT2D eigenvalue weighted by Gasteiger charge is 2.20. The first kappa shape index (κ1) is 14.2. The van der Waals surface area contributed by atoms with Gasteiger partial charge >= 0.3 is 0 Å². The number of nitrogens with one attached hydrogen (secondary N) is 1. The van der Waals surface area contributed by atoms with Crippen LogP contribution in [0.3, 0.4) is 0 Å². The Hall–Kier alpha value is -1.84. The van der Waals surface area contributed by atoms with Gasteiger partial charge < -0.3 is 19.9 Å². The molecule has 100 valence electrons. The maximum absolute atomic E-state index is 5.22. The molecule has 0 bridgehead atoms. The molecule has 0 aromatic heterocycles. The predicted octanol–water partition coefficient (Wildman–Crippen LogP) is 1.52. The summed E-state index contributed by atoms with van der Waals surface area (Å²) in [6.45, 7) is 15.3. The van der Waals surface area contributed by atoms with E-state index >= 15 is 0 Å². The third-order valence-corrected chi connectivity index (χ3v) is 3.10. The van der Waals surface area contributed by atoms with Crippen LogP contribution in [0, 0.1) is 0 Å². The van der Waals surface area contributed by atoms with Gasteiger partial charge in [-0.2, -0.15) is 0 Å². The summed E-state index contributed by atoms with van der Waals surface area (Å²) in [5.41, 5.74) is 1.00. The predicted molar refractivity (Wildman–Crippen MR) is 75.8 cm³/mol. The molecule has 0 aromatic carbocycles. The fourth-order valence-corrected chi connectivity index (χ4v) is 1.97. The zero-order valence-electron chi connectivity index (χ0n) is 11.4. The van der Waals surface area contributed by atoms with Gasteiger partial charge in [0.2, 0.25) is 0 Å². The minimum atomic E-state index is 0.677. The van der Waals surface area contributed by atoms with Crippen LogP contribution in [0.1, 0.15) is 0 Å². The van der Waals surface area contributed by atoms with Crippen LogP contribution in [-0.2, 0) is 4.74 Å². The zero-order valence-corrected chi connectivity index (χ0v) is 11.4. The van der Waals surface area contributed by atoms with Crippen molar-refractivity contribution >= 4 is 0 Å². The van der Waals surface area contributed by atoms with Gasteiger partial charge in [-0.3, -0.25) is 0 Å². The van der Waals surface area contributed by atoms with Crippen molar-refractivity contribution in [3.05, 3.63) is 49.2 Å². The Morgan fingerprint density at radius 1 is 1.17 bits per heavy atom. The Morgan fingerprint density at radius 3 is 2.17 bits per heavy atom. The number of nitrogens with zero attached hydrogens (tertiary/aromatic N) is 2. The molecule has 0 unspecified atom stereocenters. The Balaban J connectivity index is 2.65. The smallest absolute Gasteiger partial charge is 0.135 e. The van der Waals surface area contributed by atoms with Crippen LogP contribution in [0.25, 0.3) is 0 Å². The first-order valence-electron chi connectivity index (χ1n) is 6.06. The topological polar surface area (TPSA) is 27.7 Å². The molecule has 4 nitrogen and oxygen atoms in total. The van der Waals surface area contributed by atoms with Crippen molar-refractivity contribution in [2.45, 2.75) is 0 Å². The molecule has 18 heavy (non-hydrogen) atoms. The first-order chi connectivity index (χ1) is 8.63. The van der Waals surface area contributed by atoms with Gasteiger partial charge in [0.15, 0.2) is 0 Å². The third-order valence-electron chi connectivity index (χ3n) is 3.10. The normalized spacial score (nSPS) is 16.2. The number of methoxy groups -OCH3 is 1. The molecule has 0 aliphatic carbocycles. The summed E-state index contributed by atoms with van der Waals surface area (Å²) in [5.74, 6) is 1.64. The van der Waals surface area contributed by atoms with Gasteiger partial charge in [-0.15, -0.1) is 0 Å². The molecular formula is C14H23N3O. The van der Waals surface area contributed by atoms with Crippen molar-refractivity contribution in [2.75, 3.05) is 40.3 Å². The van der Waals surface area contributed by atoms with Gasteiger partial charge in [-0.05, 0) is 6.08 Å². The van der Waals surface area contributed by atoms with E-state index in [0.717, 1.165) is 37.7 Å². The van der Waals surface area contributed by atoms with Crippen molar-refractivity contribution in [1.29, 1.82) is 0 Å². The number of hydrogen-bond acceptors (Lipinski definition) is 4. The van der Waals surface area contributed by atoms with E-state index in [1.54, 1.807) is 13.2 Å². The molecule has 1 N–H and O–H groups in total. The van der Waals surface area contributed by atoms with E-state index in [0.29, 0.717) is 5.76 Å². The lowest BCUT2D eigenvalue weighted by molar-refractivity contribution is 0.173. The van der Waals surface area contributed by atoms with Crippen LogP contribution >= 0.6 is 0 Å². The van der Waals surface area contributed by atoms with Crippen molar-refractivity contribution < 1.29 is 4.74 Å². The zero-order chi connectivity index (χ0) is 13.5. The number of rotatable bonds is 6. The van der Waals surface area contributed by atoms with E-state index in [4.69, 9.17) is 4.74 Å². The number of allylic oxidation sites excluding steroid dienone is 2. The number of piperazine rings is 1. The van der Waals surface area contributed by atoms with Crippen molar-refractivity contribution in [1.82, 2.24) is 15.1 Å². The highest BCUT2D eigenvalue weighted by molar-refractivity contribution is 5.26. The van der Waals surface area contributed by atoms with E-state index in [1.165, 1.54) is 0 Å². The quantitative estimate of drug-likeness (QED) is 0.570. The van der Waals surface area contributed by atoms with Gasteiger partial charge in [-0.1, -0.05) is 25.8 Å². The molecule has 0 atom stereocenters. The molecule has 0 saturated carbocycles. The maximum atomic E-state index is 5.22. The monoisotopic (exact) mass is 249 g/mol. The Labute approximate surface area is 110 Å². The summed E-state index contributed by atoms with van der Waals surface area (Å²) in [6, 6.07) is 0. The summed E-state index contributed by atoms with van der Waals surface area (Å²) >= 11 is 0. The highest BCUT2D eigenvalue weighted by atomic mass is 16.5. The van der Waals surface area contributed by atoms with E-state index < -0.39 is 0 Å². The van der Waals surface area contributed by atoms with Crippen LogP contribution < -0.4 is 5.32 Å². The van der Waals surface area contributed by atoms with Crippen LogP contribution in [-0.4, -0.2) is 50.1 Å². The van der Waals surface area contributed by atoms with Gasteiger partial charge in [-0.25, -0.2) is 0 Å². The molecule has 1 rings (SSSR count). The van der Waals surface area contributed by atoms with E-state index in [9.17, 15) is 0 Å². The largest absolute Gasteiger partial charge is 0.495 e. The van der Waals surface area contributed by atoms with Crippen molar-refractivity contribution in [3.63, 3.8) is 0 Å². The summed E-state index contributed by atoms with van der Waals surface area (Å²) in [5, 5.41) is 3.08. The molecular weight excluding hydrogens is 226 g/mol. The molecule has 0 amide bonds. The second kappa shape index (κ2) is 6.79. The fraction of sp³-hybridized carbons (Fsp3) is 0.429. The SMILES string of the molecule is C=C/C=C(\C(=C)OC)N1CCN(C(=C)NC)CC1. The van der Waals surface area contributed by atoms with E-state index in [2.05, 4.69) is 34.9 Å². The molecule has 1 fully saturated rings. The minimum Gasteiger partial charge on any atom is -0.495 e. The standard InChI is InChI=1S/C14H23N3O/c1-6-7-14(12(2)18-5)17-10-8-16(9-11-17)13(3)15-4/h6-7,15H,1-3,8-11H2,4-5H3/b14-7+. The van der Waals surface area contributed by atoms with Crippen LogP contribution in [0.2, 0.25) is 0 Å². The molecule has 1 heterocycles. The van der Waals surface area contributed by atoms with Gasteiger partial charge in [0.05, 0.1) is 18.6 Å². The average molecular weight is 249 g/mol. The number of hydrogen-bond donors (Lipinski definition) is 1. The summed E-state index contributed by atoms with van der Waals surface area (Å²) in [7, 11) is 3.53. The summed E-state index contributed by atoms with van der Waals surface area (Å²) in [4.78, 5) is 4.49. The molecule has 0 aromatic rings. The van der Waals surface area contributed by atoms with Gasteiger partial charge in [0, 0.05) is 33.2 Å². The molecule has 1 saturated heterocycles. The summed E-state index contributed by atoms with van der Waals surface area (Å²) in [6.07, 6.45) is 3.70. The van der Waals surface area contributed by atoms with E-state index in [1.807, 2.05) is 13.1 Å². The lowest BCUT2D eigenvalue weighted by Gasteiger charge is -2.39. The lowest BCUT2D eigenvalue weighted by Crippen LogP contribution is -2.47. The van der Waals surface area contributed by atoms with Crippen molar-refractivity contribution in [3.8, 4) is 0 Å². The molecule has 0 radical (unpaired) electrons. The van der Waals surface area contributed by atoms with Gasteiger partial charge in [0.25, 0.3) is 0 Å². The Kier molecular flexibility index (Phi) is 5.36. The second-order valence-electron chi connectivity index (χ2n) is 4.09. The molecule has 1 aliphatic heterocycles. The molecule has 0 spiro atoms. The van der Waals surface area contributed by atoms with Crippen LogP contribution in [0.15, 0.2) is 49.2 Å². The third kappa shape index (κ3) is 3.32. The summed E-state index contributed by atoms with van der Waals surface area (Å²) < 4.78 is 5.22. The van der Waals surface area contributed by atoms with Crippen LogP contribution in [0.4, 0.5) is 0 Å². The number of ether oxygens (including phenoxy) is 1. The van der Waals surface area contributed by atoms with Crippen LogP contribution in [0.5, 0.6) is 0 Å². The molecule has 4 heteroatoms. The maximum Gasteiger partial charge on any atom is 0.135 e. The van der Waals surface area contributed by atoms with E-state index in [-0.39, 0.29) is 0 Å².